The highest BCUT2D eigenvalue weighted by atomic mass is 16.6. The van der Waals surface area contributed by atoms with Gasteiger partial charge in [0.05, 0.1) is 6.04 Å². The van der Waals surface area contributed by atoms with Gasteiger partial charge in [0.2, 0.25) is 12.3 Å². The lowest BCUT2D eigenvalue weighted by atomic mass is 10.0. The van der Waals surface area contributed by atoms with Gasteiger partial charge < -0.3 is 14.7 Å². The molecule has 0 unspecified atom stereocenters. The van der Waals surface area contributed by atoms with Crippen molar-refractivity contribution in [1.29, 1.82) is 0 Å². The number of rotatable bonds is 5. The van der Waals surface area contributed by atoms with Crippen molar-refractivity contribution < 1.29 is 14.6 Å². The second-order valence-electron chi connectivity index (χ2n) is 4.51. The molecule has 2 atom stereocenters. The molecular formula is C11H22N2O3. The number of hydrogen-bond acceptors (Lipinski definition) is 4. The van der Waals surface area contributed by atoms with Crippen molar-refractivity contribution in [1.82, 2.24) is 10.2 Å². The van der Waals surface area contributed by atoms with Crippen LogP contribution in [0.4, 0.5) is 0 Å². The van der Waals surface area contributed by atoms with Crippen LogP contribution in [0.2, 0.25) is 0 Å². The molecule has 1 aliphatic heterocycles. The van der Waals surface area contributed by atoms with Gasteiger partial charge in [-0.2, -0.15) is 0 Å². The quantitative estimate of drug-likeness (QED) is 0.660. The summed E-state index contributed by atoms with van der Waals surface area (Å²) < 4.78 is 4.72. The molecule has 5 nitrogen and oxygen atoms in total. The first-order valence-corrected chi connectivity index (χ1v) is 5.82. The topological polar surface area (TPSA) is 61.8 Å². The second-order valence-corrected chi connectivity index (χ2v) is 4.51. The molecule has 1 saturated heterocycles. The maximum absolute atomic E-state index is 12.1. The summed E-state index contributed by atoms with van der Waals surface area (Å²) in [4.78, 5) is 14.0. The maximum atomic E-state index is 12.1. The Kier molecular flexibility index (Phi) is 5.18. The molecule has 1 rings (SSSR count). The normalized spacial score (nSPS) is 20.2. The number of likely N-dealkylation sites (tertiary alicyclic amines) is 1. The smallest absolute Gasteiger partial charge is 0.240 e. The van der Waals surface area contributed by atoms with Crippen LogP contribution in [0, 0.1) is 5.92 Å². The molecule has 0 bridgehead atoms. The molecule has 0 radical (unpaired) electrons. The molecule has 0 spiro atoms. The minimum absolute atomic E-state index is 0.0589. The number of hydrogen-bond donors (Lipinski definition) is 2. The Balaban J connectivity index is 2.57. The van der Waals surface area contributed by atoms with E-state index in [2.05, 4.69) is 5.32 Å². The fraction of sp³-hybridized carbons (Fsp3) is 0.909. The lowest BCUT2D eigenvalue weighted by molar-refractivity contribution is -0.143. The molecule has 1 fully saturated rings. The van der Waals surface area contributed by atoms with Gasteiger partial charge in [-0.15, -0.1) is 0 Å². The minimum atomic E-state index is -1.08. The van der Waals surface area contributed by atoms with E-state index in [9.17, 15) is 9.90 Å². The molecule has 0 aromatic rings. The summed E-state index contributed by atoms with van der Waals surface area (Å²) >= 11 is 0. The fourth-order valence-electron chi connectivity index (χ4n) is 1.90. The molecule has 2 N–H and O–H groups in total. The number of aliphatic hydroxyl groups is 1. The lowest BCUT2D eigenvalue weighted by Gasteiger charge is -2.28. The van der Waals surface area contributed by atoms with Crippen LogP contribution < -0.4 is 5.32 Å². The Hall–Kier alpha value is -0.650. The van der Waals surface area contributed by atoms with Crippen LogP contribution in [0.1, 0.15) is 26.7 Å². The number of amides is 1. The van der Waals surface area contributed by atoms with Gasteiger partial charge in [0.25, 0.3) is 0 Å². The van der Waals surface area contributed by atoms with Crippen molar-refractivity contribution >= 4 is 5.91 Å². The van der Waals surface area contributed by atoms with Crippen LogP contribution in [-0.2, 0) is 9.53 Å². The third kappa shape index (κ3) is 3.43. The number of aliphatic hydroxyl groups excluding tert-OH is 1. The van der Waals surface area contributed by atoms with Gasteiger partial charge in [-0.1, -0.05) is 13.8 Å². The predicted molar refractivity (Wildman–Crippen MR) is 60.6 cm³/mol. The molecule has 1 amide bonds. The summed E-state index contributed by atoms with van der Waals surface area (Å²) in [7, 11) is 1.40. The van der Waals surface area contributed by atoms with Crippen molar-refractivity contribution in [3.63, 3.8) is 0 Å². The molecule has 0 aliphatic carbocycles. The number of nitrogens with one attached hydrogen (secondary N) is 1. The van der Waals surface area contributed by atoms with Gasteiger partial charge in [0, 0.05) is 20.2 Å². The Bertz CT molecular complexity index is 227. The van der Waals surface area contributed by atoms with E-state index in [1.807, 2.05) is 18.7 Å². The molecule has 5 heteroatoms. The van der Waals surface area contributed by atoms with Gasteiger partial charge >= 0.3 is 0 Å². The van der Waals surface area contributed by atoms with Crippen LogP contribution in [0.15, 0.2) is 0 Å². The SMILES string of the molecule is CO[C@@H](O)N[C@H](C(=O)N1CCCC1)C(C)C. The molecular weight excluding hydrogens is 208 g/mol. The van der Waals surface area contributed by atoms with Gasteiger partial charge in [0.15, 0.2) is 0 Å². The van der Waals surface area contributed by atoms with Gasteiger partial charge in [0.1, 0.15) is 0 Å². The van der Waals surface area contributed by atoms with Crippen molar-refractivity contribution in [2.75, 3.05) is 20.2 Å². The number of nitrogens with zero attached hydrogens (tertiary/aromatic N) is 1. The maximum Gasteiger partial charge on any atom is 0.240 e. The third-order valence-electron chi connectivity index (χ3n) is 2.90. The summed E-state index contributed by atoms with van der Waals surface area (Å²) in [6.45, 7) is 5.56. The van der Waals surface area contributed by atoms with Crippen molar-refractivity contribution in [3.05, 3.63) is 0 Å². The summed E-state index contributed by atoms with van der Waals surface area (Å²) in [5.41, 5.74) is 0. The van der Waals surface area contributed by atoms with E-state index < -0.39 is 6.41 Å². The van der Waals surface area contributed by atoms with E-state index in [1.54, 1.807) is 0 Å². The van der Waals surface area contributed by atoms with Gasteiger partial charge in [-0.05, 0) is 18.8 Å². The minimum Gasteiger partial charge on any atom is -0.356 e. The number of ether oxygens (including phenoxy) is 1. The monoisotopic (exact) mass is 230 g/mol. The lowest BCUT2D eigenvalue weighted by Crippen LogP contribution is -2.52. The molecule has 0 saturated carbocycles. The Labute approximate surface area is 96.8 Å². The summed E-state index contributed by atoms with van der Waals surface area (Å²) in [5, 5.41) is 12.1. The highest BCUT2D eigenvalue weighted by Gasteiger charge is 2.29. The highest BCUT2D eigenvalue weighted by molar-refractivity contribution is 5.82. The van der Waals surface area contributed by atoms with E-state index in [4.69, 9.17) is 4.74 Å². The summed E-state index contributed by atoms with van der Waals surface area (Å²) in [6.07, 6.45) is 1.06. The van der Waals surface area contributed by atoms with Crippen molar-refractivity contribution in [3.8, 4) is 0 Å². The zero-order chi connectivity index (χ0) is 12.1. The van der Waals surface area contributed by atoms with Crippen LogP contribution in [0.3, 0.4) is 0 Å². The zero-order valence-electron chi connectivity index (χ0n) is 10.3. The van der Waals surface area contributed by atoms with Crippen molar-refractivity contribution in [2.45, 2.75) is 39.1 Å². The molecule has 94 valence electrons. The molecule has 1 aliphatic rings. The van der Waals surface area contributed by atoms with E-state index in [0.717, 1.165) is 25.9 Å². The van der Waals surface area contributed by atoms with Crippen LogP contribution >= 0.6 is 0 Å². The second kappa shape index (κ2) is 6.18. The van der Waals surface area contributed by atoms with E-state index in [-0.39, 0.29) is 17.9 Å². The van der Waals surface area contributed by atoms with E-state index >= 15 is 0 Å². The first-order chi connectivity index (χ1) is 7.56. The Morgan fingerprint density at radius 1 is 1.38 bits per heavy atom. The first kappa shape index (κ1) is 13.4. The standard InChI is InChI=1S/C11H22N2O3/c1-8(2)9(12-11(15)16-3)10(14)13-6-4-5-7-13/h8-9,11-12,15H,4-7H2,1-3H3/t9-,11+/m0/s1. The van der Waals surface area contributed by atoms with E-state index in [0.29, 0.717) is 0 Å². The van der Waals surface area contributed by atoms with Crippen LogP contribution in [0.25, 0.3) is 0 Å². The van der Waals surface area contributed by atoms with Gasteiger partial charge in [-0.25, -0.2) is 0 Å². The predicted octanol–water partition coefficient (Wildman–Crippen LogP) is 0.145. The average molecular weight is 230 g/mol. The average Bonchev–Trinajstić information content (AvgIpc) is 2.77. The molecule has 0 aromatic heterocycles. The Morgan fingerprint density at radius 3 is 2.38 bits per heavy atom. The molecule has 1 heterocycles. The van der Waals surface area contributed by atoms with Crippen molar-refractivity contribution in [2.24, 2.45) is 5.92 Å². The fourth-order valence-corrected chi connectivity index (χ4v) is 1.90. The van der Waals surface area contributed by atoms with Crippen LogP contribution in [0.5, 0.6) is 0 Å². The summed E-state index contributed by atoms with van der Waals surface area (Å²) in [5.74, 6) is 0.182. The highest BCUT2D eigenvalue weighted by Crippen LogP contribution is 2.13. The first-order valence-electron chi connectivity index (χ1n) is 5.82. The molecule has 0 aromatic carbocycles. The number of methoxy groups -OCH3 is 1. The van der Waals surface area contributed by atoms with E-state index in [1.165, 1.54) is 7.11 Å². The zero-order valence-corrected chi connectivity index (χ0v) is 10.3. The number of carbonyl (C=O) groups excluding carboxylic acids is 1. The van der Waals surface area contributed by atoms with Crippen LogP contribution in [-0.4, -0.2) is 48.6 Å². The largest absolute Gasteiger partial charge is 0.356 e. The summed E-state index contributed by atoms with van der Waals surface area (Å²) in [6, 6.07) is -0.381. The third-order valence-corrected chi connectivity index (χ3v) is 2.90. The molecule has 16 heavy (non-hydrogen) atoms. The van der Waals surface area contributed by atoms with Gasteiger partial charge in [-0.3, -0.25) is 10.1 Å². The Morgan fingerprint density at radius 2 is 1.94 bits per heavy atom. The number of carbonyl (C=O) groups is 1.